The molecule has 2 aliphatic heterocycles. The number of carbonyl (C=O) groups is 2. The zero-order chi connectivity index (χ0) is 27.2. The van der Waals surface area contributed by atoms with Crippen molar-refractivity contribution in [1.29, 1.82) is 0 Å². The van der Waals surface area contributed by atoms with Gasteiger partial charge in [0.15, 0.2) is 24.6 Å². The fourth-order valence-electron chi connectivity index (χ4n) is 4.40. The molecule has 0 amide bonds. The summed E-state index contributed by atoms with van der Waals surface area (Å²) in [5, 5.41) is 40.5. The number of aliphatic hydroxyl groups excluding tert-OH is 3. The number of carboxylic acid groups (broad SMARTS) is 1. The largest absolute Gasteiger partial charge is 0.483 e. The van der Waals surface area contributed by atoms with E-state index in [1.54, 1.807) is 32.0 Å². The van der Waals surface area contributed by atoms with E-state index in [4.69, 9.17) is 23.4 Å². The summed E-state index contributed by atoms with van der Waals surface area (Å²) in [6.07, 6.45) is -10.1. The molecule has 4 rings (SSSR count). The zero-order valence-electron chi connectivity index (χ0n) is 20.5. The maximum Gasteiger partial charge on any atom is 0.336 e. The topological polar surface area (TPSA) is 182 Å². The van der Waals surface area contributed by atoms with Crippen LogP contribution in [0.2, 0.25) is 0 Å². The number of benzene rings is 1. The molecule has 12 nitrogen and oxygen atoms in total. The SMILES string of the molecule is CC(C)=CC(=O)OC1c2c(ccc3ccc(=O)oc23)OC1C(C)(C)OC1OC(C(=O)O)C(O)C(O)C1O. The lowest BCUT2D eigenvalue weighted by Crippen LogP contribution is -2.62. The number of hydrogen-bond acceptors (Lipinski definition) is 11. The highest BCUT2D eigenvalue weighted by Crippen LogP contribution is 2.47. The van der Waals surface area contributed by atoms with Gasteiger partial charge in [0, 0.05) is 17.5 Å². The molecule has 12 heteroatoms. The molecule has 200 valence electrons. The number of fused-ring (bicyclic) bond motifs is 3. The first-order valence-electron chi connectivity index (χ1n) is 11.5. The van der Waals surface area contributed by atoms with Gasteiger partial charge < -0.3 is 43.8 Å². The van der Waals surface area contributed by atoms with Crippen LogP contribution in [-0.4, -0.2) is 74.8 Å². The Morgan fingerprint density at radius 2 is 1.70 bits per heavy atom. The van der Waals surface area contributed by atoms with Gasteiger partial charge in [-0.15, -0.1) is 0 Å². The average molecular weight is 520 g/mol. The van der Waals surface area contributed by atoms with Crippen molar-refractivity contribution < 1.29 is 53.4 Å². The molecule has 0 spiro atoms. The molecule has 7 atom stereocenters. The highest BCUT2D eigenvalue weighted by molar-refractivity contribution is 5.86. The van der Waals surface area contributed by atoms with Crippen LogP contribution in [0, 0.1) is 0 Å². The fraction of sp³-hybridized carbons (Fsp3) is 0.480. The van der Waals surface area contributed by atoms with E-state index < -0.39 is 66.1 Å². The Morgan fingerprint density at radius 3 is 2.35 bits per heavy atom. The summed E-state index contributed by atoms with van der Waals surface area (Å²) in [7, 11) is 0. The van der Waals surface area contributed by atoms with Crippen LogP contribution in [0.15, 0.2) is 45.1 Å². The highest BCUT2D eigenvalue weighted by Gasteiger charge is 2.53. The van der Waals surface area contributed by atoms with Gasteiger partial charge in [-0.2, -0.15) is 0 Å². The van der Waals surface area contributed by atoms with Gasteiger partial charge in [-0.25, -0.2) is 14.4 Å². The first kappa shape index (κ1) is 26.8. The summed E-state index contributed by atoms with van der Waals surface area (Å²) in [4.78, 5) is 36.1. The van der Waals surface area contributed by atoms with Gasteiger partial charge in [-0.3, -0.25) is 0 Å². The highest BCUT2D eigenvalue weighted by atomic mass is 16.7. The minimum atomic E-state index is -1.89. The predicted octanol–water partition coefficient (Wildman–Crippen LogP) is 0.792. The first-order valence-corrected chi connectivity index (χ1v) is 11.5. The normalized spacial score (nSPS) is 29.3. The molecule has 37 heavy (non-hydrogen) atoms. The maximum absolute atomic E-state index is 12.7. The van der Waals surface area contributed by atoms with Gasteiger partial charge in [0.25, 0.3) is 0 Å². The molecule has 0 bridgehead atoms. The lowest BCUT2D eigenvalue weighted by Gasteiger charge is -2.43. The summed E-state index contributed by atoms with van der Waals surface area (Å²) in [5.74, 6) is -2.01. The van der Waals surface area contributed by atoms with Crippen LogP contribution >= 0.6 is 0 Å². The number of aliphatic carboxylic acids is 1. The van der Waals surface area contributed by atoms with Crippen molar-refractivity contribution >= 4 is 22.9 Å². The minimum absolute atomic E-state index is 0.150. The Morgan fingerprint density at radius 1 is 1.03 bits per heavy atom. The maximum atomic E-state index is 12.7. The van der Waals surface area contributed by atoms with E-state index in [1.165, 1.54) is 26.0 Å². The number of allylic oxidation sites excluding steroid dienone is 1. The van der Waals surface area contributed by atoms with Crippen molar-refractivity contribution in [1.82, 2.24) is 0 Å². The van der Waals surface area contributed by atoms with Crippen LogP contribution in [0.3, 0.4) is 0 Å². The number of hydrogen-bond donors (Lipinski definition) is 4. The van der Waals surface area contributed by atoms with Crippen LogP contribution in [0.1, 0.15) is 39.4 Å². The average Bonchev–Trinajstić information content (AvgIpc) is 3.18. The summed E-state index contributed by atoms with van der Waals surface area (Å²) in [6.45, 7) is 6.46. The Bertz CT molecular complexity index is 1290. The van der Waals surface area contributed by atoms with Crippen LogP contribution in [0.4, 0.5) is 0 Å². The predicted molar refractivity (Wildman–Crippen MR) is 125 cm³/mol. The van der Waals surface area contributed by atoms with Gasteiger partial charge in [0.2, 0.25) is 0 Å². The standard InChI is InChI=1S/C25H28O12/c1-10(2)9-14(27)35-20-15-12(7-5-11-6-8-13(26)34-19(11)15)33-22(20)25(3,4)37-24-18(30)16(28)17(29)21(36-24)23(31)32/h5-9,16-18,20-22,24,28-30H,1-4H3,(H,31,32). The van der Waals surface area contributed by atoms with E-state index in [0.29, 0.717) is 11.0 Å². The molecule has 0 saturated carbocycles. The molecule has 1 fully saturated rings. The van der Waals surface area contributed by atoms with Crippen LogP contribution in [0.25, 0.3) is 11.0 Å². The molecule has 1 aromatic heterocycles. The quantitative estimate of drug-likeness (QED) is 0.239. The molecule has 1 aromatic carbocycles. The molecule has 2 aromatic rings. The second-order valence-electron chi connectivity index (χ2n) is 9.72. The zero-order valence-corrected chi connectivity index (χ0v) is 20.5. The minimum Gasteiger partial charge on any atom is -0.483 e. The van der Waals surface area contributed by atoms with E-state index >= 15 is 0 Å². The third-order valence-corrected chi connectivity index (χ3v) is 6.17. The Hall–Kier alpha value is -3.29. The molecule has 0 radical (unpaired) electrons. The van der Waals surface area contributed by atoms with Crippen molar-refractivity contribution in [3.05, 3.63) is 51.9 Å². The lowest BCUT2D eigenvalue weighted by molar-refractivity contribution is -0.325. The molecular weight excluding hydrogens is 492 g/mol. The van der Waals surface area contributed by atoms with Crippen molar-refractivity contribution in [2.75, 3.05) is 0 Å². The summed E-state index contributed by atoms with van der Waals surface area (Å²) in [6, 6.07) is 6.07. The molecular formula is C25H28O12. The fourth-order valence-corrected chi connectivity index (χ4v) is 4.40. The van der Waals surface area contributed by atoms with E-state index in [9.17, 15) is 34.8 Å². The first-order chi connectivity index (χ1) is 17.3. The van der Waals surface area contributed by atoms with Crippen LogP contribution in [-0.2, 0) is 23.8 Å². The van der Waals surface area contributed by atoms with Gasteiger partial charge in [-0.05, 0) is 45.9 Å². The Kier molecular flexibility index (Phi) is 7.14. The molecule has 7 unspecified atom stereocenters. The van der Waals surface area contributed by atoms with Gasteiger partial charge in [0.1, 0.15) is 35.2 Å². The van der Waals surface area contributed by atoms with Gasteiger partial charge >= 0.3 is 17.6 Å². The molecule has 3 heterocycles. The van der Waals surface area contributed by atoms with Crippen molar-refractivity contribution in [2.45, 2.75) is 76.2 Å². The number of esters is 1. The summed E-state index contributed by atoms with van der Waals surface area (Å²) in [5.41, 5.74) is -0.979. The van der Waals surface area contributed by atoms with E-state index in [1.807, 2.05) is 0 Å². The molecule has 1 saturated heterocycles. The number of carboxylic acids is 1. The van der Waals surface area contributed by atoms with Crippen molar-refractivity contribution in [3.63, 3.8) is 0 Å². The molecule has 4 N–H and O–H groups in total. The third kappa shape index (κ3) is 5.11. The monoisotopic (exact) mass is 520 g/mol. The van der Waals surface area contributed by atoms with Crippen molar-refractivity contribution in [2.24, 2.45) is 0 Å². The summed E-state index contributed by atoms with van der Waals surface area (Å²) >= 11 is 0. The van der Waals surface area contributed by atoms with E-state index in [0.717, 1.165) is 0 Å². The number of rotatable bonds is 6. The second kappa shape index (κ2) is 9.88. The lowest BCUT2D eigenvalue weighted by atomic mass is 9.92. The van der Waals surface area contributed by atoms with Gasteiger partial charge in [-0.1, -0.05) is 5.57 Å². The summed E-state index contributed by atoms with van der Waals surface area (Å²) < 4.78 is 28.4. The smallest absolute Gasteiger partial charge is 0.336 e. The second-order valence-corrected chi connectivity index (χ2v) is 9.72. The Balaban J connectivity index is 1.72. The van der Waals surface area contributed by atoms with E-state index in [-0.39, 0.29) is 16.9 Å². The van der Waals surface area contributed by atoms with Crippen LogP contribution < -0.4 is 10.4 Å². The number of carbonyl (C=O) groups excluding carboxylic acids is 1. The third-order valence-electron chi connectivity index (χ3n) is 6.17. The van der Waals surface area contributed by atoms with Crippen molar-refractivity contribution in [3.8, 4) is 5.75 Å². The molecule has 0 aliphatic carbocycles. The number of ether oxygens (including phenoxy) is 4. The number of aliphatic hydroxyl groups is 3. The Labute approximate surface area is 210 Å². The van der Waals surface area contributed by atoms with Crippen LogP contribution in [0.5, 0.6) is 5.75 Å². The van der Waals surface area contributed by atoms with E-state index in [2.05, 4.69) is 0 Å². The van der Waals surface area contributed by atoms with Gasteiger partial charge in [0.05, 0.1) is 5.56 Å². The molecule has 2 aliphatic rings.